The lowest BCUT2D eigenvalue weighted by Gasteiger charge is -2.41. The van der Waals surface area contributed by atoms with Crippen LogP contribution in [-0.4, -0.2) is 54.7 Å². The maximum Gasteiger partial charge on any atom is 0.317 e. The average Bonchev–Trinajstić information content (AvgIpc) is 3.34. The summed E-state index contributed by atoms with van der Waals surface area (Å²) in [5.74, 6) is 0.255. The van der Waals surface area contributed by atoms with E-state index in [4.69, 9.17) is 16.3 Å². The maximum atomic E-state index is 12.5. The van der Waals surface area contributed by atoms with Crippen molar-refractivity contribution >= 4 is 23.5 Å². The Hall–Kier alpha value is -1.79. The number of nitrogens with zero attached hydrogens (tertiary/aromatic N) is 1. The quantitative estimate of drug-likeness (QED) is 0.850. The first-order valence-electron chi connectivity index (χ1n) is 8.32. The molecule has 1 aliphatic carbocycles. The van der Waals surface area contributed by atoms with Crippen LogP contribution in [0.2, 0.25) is 5.02 Å². The number of amides is 3. The molecule has 3 fully saturated rings. The minimum absolute atomic E-state index is 0.0227. The van der Waals surface area contributed by atoms with Crippen LogP contribution in [-0.2, 0) is 9.53 Å². The summed E-state index contributed by atoms with van der Waals surface area (Å²) in [7, 11) is 0. The largest absolute Gasteiger partial charge is 0.366 e. The smallest absolute Gasteiger partial charge is 0.317 e. The summed E-state index contributed by atoms with van der Waals surface area (Å²) in [6.07, 6.45) is 1.73. The third-order valence-electron chi connectivity index (χ3n) is 5.01. The van der Waals surface area contributed by atoms with Crippen molar-refractivity contribution in [3.63, 3.8) is 0 Å². The van der Waals surface area contributed by atoms with Crippen LogP contribution >= 0.6 is 11.6 Å². The molecule has 4 atom stereocenters. The molecule has 0 spiro atoms. The fraction of sp³-hybridized carbons (Fsp3) is 0.529. The number of morpholine rings is 1. The van der Waals surface area contributed by atoms with Gasteiger partial charge >= 0.3 is 6.03 Å². The highest BCUT2D eigenvalue weighted by molar-refractivity contribution is 6.30. The third kappa shape index (κ3) is 3.21. The lowest BCUT2D eigenvalue weighted by Crippen LogP contribution is -2.62. The predicted octanol–water partition coefficient (Wildman–Crippen LogP) is 1.49. The Bertz CT molecular complexity index is 651. The second-order valence-corrected chi connectivity index (χ2v) is 7.14. The number of nitrogens with one attached hydrogen (secondary N) is 2. The summed E-state index contributed by atoms with van der Waals surface area (Å²) >= 11 is 5.91. The lowest BCUT2D eigenvalue weighted by molar-refractivity contribution is -0.139. The summed E-state index contributed by atoms with van der Waals surface area (Å²) in [5, 5.41) is 6.73. The lowest BCUT2D eigenvalue weighted by atomic mass is 10.0. The number of carbonyl (C=O) groups excluding carboxylic acids is 2. The van der Waals surface area contributed by atoms with Crippen LogP contribution in [0, 0.1) is 0 Å². The summed E-state index contributed by atoms with van der Waals surface area (Å²) in [6.45, 7) is 1.28. The van der Waals surface area contributed by atoms with Gasteiger partial charge in [0.1, 0.15) is 6.61 Å². The Morgan fingerprint density at radius 3 is 2.92 bits per heavy atom. The van der Waals surface area contributed by atoms with E-state index in [1.807, 2.05) is 24.3 Å². The van der Waals surface area contributed by atoms with Crippen molar-refractivity contribution in [3.8, 4) is 0 Å². The van der Waals surface area contributed by atoms with Crippen LogP contribution in [0.1, 0.15) is 24.3 Å². The van der Waals surface area contributed by atoms with E-state index >= 15 is 0 Å². The second kappa shape index (κ2) is 6.26. The molecule has 2 heterocycles. The van der Waals surface area contributed by atoms with Crippen molar-refractivity contribution in [1.82, 2.24) is 15.5 Å². The van der Waals surface area contributed by atoms with E-state index < -0.39 is 0 Å². The molecular weight excluding hydrogens is 330 g/mol. The summed E-state index contributed by atoms with van der Waals surface area (Å²) < 4.78 is 5.52. The molecular formula is C17H20ClN3O3. The Morgan fingerprint density at radius 2 is 2.12 bits per heavy atom. The molecule has 2 saturated heterocycles. The van der Waals surface area contributed by atoms with Crippen molar-refractivity contribution < 1.29 is 14.3 Å². The summed E-state index contributed by atoms with van der Waals surface area (Å²) in [6, 6.07) is 7.80. The van der Waals surface area contributed by atoms with Gasteiger partial charge in [-0.1, -0.05) is 23.7 Å². The van der Waals surface area contributed by atoms with Crippen molar-refractivity contribution in [3.05, 3.63) is 34.9 Å². The Morgan fingerprint density at radius 1 is 1.33 bits per heavy atom. The molecule has 2 aliphatic heterocycles. The topological polar surface area (TPSA) is 70.7 Å². The van der Waals surface area contributed by atoms with E-state index in [1.165, 1.54) is 5.56 Å². The predicted molar refractivity (Wildman–Crippen MR) is 89.0 cm³/mol. The van der Waals surface area contributed by atoms with Crippen LogP contribution in [0.15, 0.2) is 24.3 Å². The van der Waals surface area contributed by atoms with Crippen molar-refractivity contribution in [1.29, 1.82) is 0 Å². The Balaban J connectivity index is 1.31. The standard InChI is InChI=1S/C17H20ClN3O3/c18-11-3-1-10(2-4-11)12-7-13(12)20-17(23)21-6-5-15-14(8-21)19-16(22)9-24-15/h1-4,12-15H,5-9H2,(H,19,22)(H,20,23)/t12-,13+,14-,15-/m0/s1. The number of halogens is 1. The van der Waals surface area contributed by atoms with E-state index in [2.05, 4.69) is 10.6 Å². The Labute approximate surface area is 145 Å². The molecule has 1 saturated carbocycles. The molecule has 0 unspecified atom stereocenters. The molecule has 4 rings (SSSR count). The van der Waals surface area contributed by atoms with Gasteiger partial charge in [-0.25, -0.2) is 4.79 Å². The number of urea groups is 1. The first kappa shape index (κ1) is 15.7. The normalized spacial score (nSPS) is 31.9. The van der Waals surface area contributed by atoms with E-state index in [1.54, 1.807) is 4.90 Å². The fourth-order valence-corrected chi connectivity index (χ4v) is 3.69. The first-order valence-corrected chi connectivity index (χ1v) is 8.70. The monoisotopic (exact) mass is 349 g/mol. The fourth-order valence-electron chi connectivity index (χ4n) is 3.57. The van der Waals surface area contributed by atoms with Gasteiger partial charge < -0.3 is 20.3 Å². The molecule has 6 nitrogen and oxygen atoms in total. The molecule has 1 aromatic rings. The molecule has 3 amide bonds. The van der Waals surface area contributed by atoms with Gasteiger partial charge in [0.2, 0.25) is 5.91 Å². The minimum Gasteiger partial charge on any atom is -0.366 e. The highest BCUT2D eigenvalue weighted by Crippen LogP contribution is 2.41. The van der Waals surface area contributed by atoms with E-state index in [0.29, 0.717) is 19.0 Å². The van der Waals surface area contributed by atoms with Gasteiger partial charge in [0, 0.05) is 30.1 Å². The van der Waals surface area contributed by atoms with Gasteiger partial charge in [0.25, 0.3) is 0 Å². The number of likely N-dealkylation sites (tertiary alicyclic amines) is 1. The maximum absolute atomic E-state index is 12.5. The summed E-state index contributed by atoms with van der Waals surface area (Å²) in [5.41, 5.74) is 1.20. The van der Waals surface area contributed by atoms with Crippen LogP contribution in [0.4, 0.5) is 4.79 Å². The molecule has 1 aromatic carbocycles. The van der Waals surface area contributed by atoms with Gasteiger partial charge in [0.05, 0.1) is 12.1 Å². The average molecular weight is 350 g/mol. The van der Waals surface area contributed by atoms with E-state index in [-0.39, 0.29) is 36.7 Å². The first-order chi connectivity index (χ1) is 11.6. The SMILES string of the molecule is O=C1CO[C@H]2CCN(C(=O)N[C@@H]3C[C@H]3c3ccc(Cl)cc3)C[C@@H]2N1. The molecule has 24 heavy (non-hydrogen) atoms. The van der Waals surface area contributed by atoms with Gasteiger partial charge in [-0.2, -0.15) is 0 Å². The molecule has 3 aliphatic rings. The summed E-state index contributed by atoms with van der Waals surface area (Å²) in [4.78, 5) is 25.7. The zero-order valence-electron chi connectivity index (χ0n) is 13.2. The molecule has 0 bridgehead atoms. The zero-order chi connectivity index (χ0) is 16.7. The minimum atomic E-state index is -0.108. The number of ether oxygens (including phenoxy) is 1. The molecule has 7 heteroatoms. The number of rotatable bonds is 2. The highest BCUT2D eigenvalue weighted by atomic mass is 35.5. The number of carbonyl (C=O) groups is 2. The Kier molecular flexibility index (Phi) is 4.10. The van der Waals surface area contributed by atoms with Gasteiger partial charge in [0.15, 0.2) is 0 Å². The van der Waals surface area contributed by atoms with Gasteiger partial charge in [-0.05, 0) is 30.5 Å². The molecule has 0 radical (unpaired) electrons. The van der Waals surface area contributed by atoms with Gasteiger partial charge in [-0.3, -0.25) is 4.79 Å². The van der Waals surface area contributed by atoms with E-state index in [0.717, 1.165) is 17.9 Å². The van der Waals surface area contributed by atoms with Crippen LogP contribution in [0.25, 0.3) is 0 Å². The molecule has 128 valence electrons. The zero-order valence-corrected chi connectivity index (χ0v) is 14.0. The van der Waals surface area contributed by atoms with Crippen LogP contribution in [0.5, 0.6) is 0 Å². The van der Waals surface area contributed by atoms with Crippen molar-refractivity contribution in [2.45, 2.75) is 36.9 Å². The van der Waals surface area contributed by atoms with Crippen molar-refractivity contribution in [2.24, 2.45) is 0 Å². The third-order valence-corrected chi connectivity index (χ3v) is 5.26. The molecule has 0 aromatic heterocycles. The number of hydrogen-bond acceptors (Lipinski definition) is 3. The van der Waals surface area contributed by atoms with Crippen molar-refractivity contribution in [2.75, 3.05) is 19.7 Å². The number of benzene rings is 1. The van der Waals surface area contributed by atoms with E-state index in [9.17, 15) is 9.59 Å². The molecule has 2 N–H and O–H groups in total. The number of piperidine rings is 1. The number of fused-ring (bicyclic) bond motifs is 1. The van der Waals surface area contributed by atoms with Crippen LogP contribution < -0.4 is 10.6 Å². The second-order valence-electron chi connectivity index (χ2n) is 6.71. The highest BCUT2D eigenvalue weighted by Gasteiger charge is 2.42. The van der Waals surface area contributed by atoms with Crippen LogP contribution in [0.3, 0.4) is 0 Å². The van der Waals surface area contributed by atoms with Gasteiger partial charge in [-0.15, -0.1) is 0 Å². The number of hydrogen-bond donors (Lipinski definition) is 2.